The molecule has 3 aliphatic heterocycles. The van der Waals surface area contributed by atoms with Crippen molar-refractivity contribution in [2.24, 2.45) is 65.1 Å². The summed E-state index contributed by atoms with van der Waals surface area (Å²) in [5, 5.41) is 0. The third kappa shape index (κ3) is 29.2. The van der Waals surface area contributed by atoms with Crippen molar-refractivity contribution in [1.82, 2.24) is 0 Å². The van der Waals surface area contributed by atoms with Gasteiger partial charge in [-0.15, -0.1) is 0 Å². The fraction of sp³-hybridized carbons (Fsp3) is 1.00. The number of hydrogen-bond acceptors (Lipinski definition) is 16. The predicted molar refractivity (Wildman–Crippen MR) is 317 cm³/mol. The van der Waals surface area contributed by atoms with Gasteiger partial charge in [0.05, 0.1) is 25.9 Å². The molecular formula is C64H126O16. The average molecular weight is 1150 g/mol. The second kappa shape index (κ2) is 40.7. The molecule has 0 aromatic carbocycles. The SMILES string of the molecule is CC[C@H]1O[C@H](OC[C@H]2O[C@H](OCC(C)C)[C@H](OCC(C)C)[C@@H](OCC(C)C)[C@@H]2OCC(C)C)[C@H](OCC(C)C)[C@@H](OCC(C)C)[C@@H]1OCC(C)C.CO[C@H]1O[C@H](COCC(C)C)[C@@H](OCC(C)C)[C@H](OCC(C)C)[C@H]1OCC(C)C. The molecule has 3 rings (SSSR count). The minimum absolute atomic E-state index is 0.180. The first-order valence-corrected chi connectivity index (χ1v) is 31.5. The molecule has 80 heavy (non-hydrogen) atoms. The van der Waals surface area contributed by atoms with E-state index in [9.17, 15) is 0 Å². The topological polar surface area (TPSA) is 148 Å². The molecule has 3 heterocycles. The summed E-state index contributed by atoms with van der Waals surface area (Å²) < 4.78 is 103. The van der Waals surface area contributed by atoms with Crippen molar-refractivity contribution in [3.05, 3.63) is 0 Å². The van der Waals surface area contributed by atoms with Crippen LogP contribution in [0.5, 0.6) is 0 Å². The van der Waals surface area contributed by atoms with Crippen LogP contribution in [-0.2, 0) is 75.8 Å². The quantitative estimate of drug-likeness (QED) is 0.0574. The molecule has 0 spiro atoms. The van der Waals surface area contributed by atoms with Crippen LogP contribution >= 0.6 is 0 Å². The molecule has 0 N–H and O–H groups in total. The second-order valence-electron chi connectivity index (χ2n) is 27.5. The van der Waals surface area contributed by atoms with Crippen molar-refractivity contribution in [1.29, 1.82) is 0 Å². The molecule has 0 aliphatic carbocycles. The lowest BCUT2D eigenvalue weighted by atomic mass is 9.95. The van der Waals surface area contributed by atoms with Crippen LogP contribution in [0.4, 0.5) is 0 Å². The van der Waals surface area contributed by atoms with Crippen LogP contribution in [0.3, 0.4) is 0 Å². The van der Waals surface area contributed by atoms with Crippen LogP contribution in [0.1, 0.15) is 166 Å². The minimum atomic E-state index is -0.709. The zero-order valence-corrected chi connectivity index (χ0v) is 55.4. The van der Waals surface area contributed by atoms with Crippen LogP contribution in [0.25, 0.3) is 0 Å². The van der Waals surface area contributed by atoms with Gasteiger partial charge in [-0.25, -0.2) is 0 Å². The summed E-state index contributed by atoms with van der Waals surface area (Å²) in [6, 6.07) is 0. The van der Waals surface area contributed by atoms with Crippen LogP contribution in [0.2, 0.25) is 0 Å². The van der Waals surface area contributed by atoms with Gasteiger partial charge in [-0.2, -0.15) is 0 Å². The monoisotopic (exact) mass is 1150 g/mol. The van der Waals surface area contributed by atoms with Crippen LogP contribution in [0, 0.1) is 65.1 Å². The fourth-order valence-corrected chi connectivity index (χ4v) is 9.02. The van der Waals surface area contributed by atoms with E-state index in [2.05, 4.69) is 159 Å². The van der Waals surface area contributed by atoms with Crippen molar-refractivity contribution in [3.63, 3.8) is 0 Å². The van der Waals surface area contributed by atoms with E-state index in [4.69, 9.17) is 75.8 Å². The molecule has 16 heteroatoms. The van der Waals surface area contributed by atoms with Gasteiger partial charge >= 0.3 is 0 Å². The van der Waals surface area contributed by atoms with Crippen LogP contribution < -0.4 is 0 Å². The van der Waals surface area contributed by atoms with Crippen LogP contribution in [0.15, 0.2) is 0 Å². The highest BCUT2D eigenvalue weighted by Gasteiger charge is 2.53. The van der Waals surface area contributed by atoms with E-state index in [1.54, 1.807) is 7.11 Å². The summed E-state index contributed by atoms with van der Waals surface area (Å²) in [6.07, 6.45) is -5.58. The Hall–Kier alpha value is -0.640. The van der Waals surface area contributed by atoms with Gasteiger partial charge in [0.2, 0.25) is 0 Å². The van der Waals surface area contributed by atoms with Gasteiger partial charge in [0.15, 0.2) is 18.9 Å². The molecule has 0 unspecified atom stereocenters. The molecule has 0 saturated carbocycles. The summed E-state index contributed by atoms with van der Waals surface area (Å²) in [5.41, 5.74) is 0. The van der Waals surface area contributed by atoms with Gasteiger partial charge in [0.1, 0.15) is 67.1 Å². The Labute approximate surface area is 490 Å². The summed E-state index contributed by atoms with van der Waals surface area (Å²) >= 11 is 0. The van der Waals surface area contributed by atoms with Gasteiger partial charge in [-0.1, -0.05) is 159 Å². The van der Waals surface area contributed by atoms with Crippen LogP contribution in [-0.4, -0.2) is 185 Å². The van der Waals surface area contributed by atoms with Gasteiger partial charge in [0.25, 0.3) is 0 Å². The second-order valence-corrected chi connectivity index (χ2v) is 27.5. The Morgan fingerprint density at radius 1 is 0.250 bits per heavy atom. The number of hydrogen-bond donors (Lipinski definition) is 0. The van der Waals surface area contributed by atoms with E-state index in [1.807, 2.05) is 0 Å². The lowest BCUT2D eigenvalue weighted by Gasteiger charge is -2.48. The summed E-state index contributed by atoms with van der Waals surface area (Å²) in [6.45, 7) is 56.3. The lowest BCUT2D eigenvalue weighted by molar-refractivity contribution is -0.350. The van der Waals surface area contributed by atoms with Crippen molar-refractivity contribution in [2.75, 3.05) is 93.0 Å². The first-order chi connectivity index (χ1) is 37.7. The highest BCUT2D eigenvalue weighted by atomic mass is 16.8. The Bertz CT molecular complexity index is 1490. The minimum Gasteiger partial charge on any atom is -0.378 e. The standard InChI is InChI=1S/C41H80O10.C23H46O6/c1-16-32-34(42-17-25(2)3)36(44-19-27(6)7)38(46-21-29(10)11)41(50-32)49-24-33-35(43-18-26(4)5)37(45-20-28(8)9)39(47-22-30(12)13)40(51-33)48-23-31(14)15;1-15(2)10-25-14-19-20(26-11-16(3)4)21(27-12-17(5)6)22(23(24-9)29-19)28-13-18(7)8/h25-41H,16-24H2,1-15H3;15-23H,10-14H2,1-9H3/t32-,33-,34-,35-,36+,37+,38-,39-,40+,41+;19-,20-,21+,22-,23+/m11/s1. The highest BCUT2D eigenvalue weighted by Crippen LogP contribution is 2.36. The maximum absolute atomic E-state index is 6.80. The molecular weight excluding hydrogens is 1020 g/mol. The maximum Gasteiger partial charge on any atom is 0.186 e. The average Bonchev–Trinajstić information content (AvgIpc) is 3.36. The molecule has 3 fully saturated rings. The van der Waals surface area contributed by atoms with Crippen molar-refractivity contribution >= 4 is 0 Å². The molecule has 3 saturated heterocycles. The highest BCUT2D eigenvalue weighted by molar-refractivity contribution is 4.97. The number of ether oxygens (including phenoxy) is 16. The Kier molecular flexibility index (Phi) is 38.4. The molecule has 0 aromatic rings. The maximum atomic E-state index is 6.80. The fourth-order valence-electron chi connectivity index (χ4n) is 9.02. The van der Waals surface area contributed by atoms with E-state index < -0.39 is 49.4 Å². The zero-order valence-electron chi connectivity index (χ0n) is 55.4. The largest absolute Gasteiger partial charge is 0.378 e. The summed E-state index contributed by atoms with van der Waals surface area (Å²) in [4.78, 5) is 0. The van der Waals surface area contributed by atoms with E-state index in [0.717, 1.165) is 6.42 Å². The van der Waals surface area contributed by atoms with Gasteiger partial charge in [-0.05, 0) is 71.5 Å². The van der Waals surface area contributed by atoms with E-state index in [0.29, 0.717) is 144 Å². The van der Waals surface area contributed by atoms with E-state index in [1.165, 1.54) is 0 Å². The Morgan fingerprint density at radius 3 is 0.800 bits per heavy atom. The zero-order chi connectivity index (χ0) is 60.2. The van der Waals surface area contributed by atoms with E-state index >= 15 is 0 Å². The molecule has 0 radical (unpaired) electrons. The number of rotatable bonds is 39. The Morgan fingerprint density at radius 2 is 0.487 bits per heavy atom. The van der Waals surface area contributed by atoms with Crippen molar-refractivity contribution in [3.8, 4) is 0 Å². The Balaban J connectivity index is 0.000000638. The molecule has 16 nitrogen and oxygen atoms in total. The first kappa shape index (κ1) is 75.5. The smallest absolute Gasteiger partial charge is 0.186 e. The molecule has 0 amide bonds. The normalized spacial score (nSPS) is 29.8. The van der Waals surface area contributed by atoms with Gasteiger partial charge < -0.3 is 75.8 Å². The predicted octanol–water partition coefficient (Wildman–Crippen LogP) is 11.9. The van der Waals surface area contributed by atoms with Gasteiger partial charge in [0, 0.05) is 73.2 Å². The molecule has 3 aliphatic rings. The number of methoxy groups -OCH3 is 1. The first-order valence-electron chi connectivity index (χ1n) is 31.5. The molecule has 478 valence electrons. The summed E-state index contributed by atoms with van der Waals surface area (Å²) in [5.74, 6) is 3.98. The van der Waals surface area contributed by atoms with Gasteiger partial charge in [-0.3, -0.25) is 0 Å². The lowest BCUT2D eigenvalue weighted by Crippen LogP contribution is -2.64. The molecule has 15 atom stereocenters. The summed E-state index contributed by atoms with van der Waals surface area (Å²) in [7, 11) is 1.65. The van der Waals surface area contributed by atoms with Crippen molar-refractivity contribution < 1.29 is 75.8 Å². The third-order valence-electron chi connectivity index (χ3n) is 12.8. The van der Waals surface area contributed by atoms with E-state index in [-0.39, 0.29) is 49.3 Å². The molecule has 0 aromatic heterocycles. The molecule has 0 bridgehead atoms. The third-order valence-corrected chi connectivity index (χ3v) is 12.8. The van der Waals surface area contributed by atoms with Crippen molar-refractivity contribution in [2.45, 2.75) is 258 Å².